The average Bonchev–Trinajstić information content (AvgIpc) is 2.46. The minimum Gasteiger partial charge on any atom is -0.383 e. The van der Waals surface area contributed by atoms with Gasteiger partial charge in [0, 0.05) is 0 Å². The highest BCUT2D eigenvalue weighted by Gasteiger charge is 2.27. The van der Waals surface area contributed by atoms with Crippen LogP contribution in [-0.4, -0.2) is 29.7 Å². The van der Waals surface area contributed by atoms with Crippen molar-refractivity contribution in [3.63, 3.8) is 0 Å². The Hall–Kier alpha value is -0.750. The summed E-state index contributed by atoms with van der Waals surface area (Å²) >= 11 is 5.95. The molecule has 5 nitrogen and oxygen atoms in total. The van der Waals surface area contributed by atoms with Crippen molar-refractivity contribution < 1.29 is 8.42 Å². The second-order valence-electron chi connectivity index (χ2n) is 4.11. The molecule has 0 aromatic carbocycles. The Balaban J connectivity index is 2.24. The van der Waals surface area contributed by atoms with Crippen LogP contribution < -0.4 is 5.73 Å². The van der Waals surface area contributed by atoms with Gasteiger partial charge in [-0.2, -0.15) is 5.10 Å². The zero-order valence-electron chi connectivity index (χ0n) is 8.98. The quantitative estimate of drug-likeness (QED) is 0.825. The average molecular weight is 264 g/mol. The van der Waals surface area contributed by atoms with Crippen molar-refractivity contribution in [2.45, 2.75) is 25.8 Å². The number of anilines is 1. The Morgan fingerprint density at radius 2 is 2.00 bits per heavy atom. The second kappa shape index (κ2) is 3.92. The largest absolute Gasteiger partial charge is 0.383 e. The first-order valence-electron chi connectivity index (χ1n) is 5.11. The van der Waals surface area contributed by atoms with Gasteiger partial charge < -0.3 is 5.73 Å². The first-order valence-corrected chi connectivity index (χ1v) is 7.31. The van der Waals surface area contributed by atoms with Gasteiger partial charge in [0.2, 0.25) is 0 Å². The van der Waals surface area contributed by atoms with Gasteiger partial charge in [0.25, 0.3) is 0 Å². The van der Waals surface area contributed by atoms with E-state index < -0.39 is 9.84 Å². The Kier molecular flexibility index (Phi) is 2.88. The minimum atomic E-state index is -2.85. The molecule has 0 bridgehead atoms. The Bertz CT molecular complexity index is 495. The van der Waals surface area contributed by atoms with Crippen LogP contribution in [0, 0.1) is 6.92 Å². The van der Waals surface area contributed by atoms with Crippen LogP contribution in [0.15, 0.2) is 0 Å². The van der Waals surface area contributed by atoms with E-state index in [-0.39, 0.29) is 17.5 Å². The summed E-state index contributed by atoms with van der Waals surface area (Å²) in [6.07, 6.45) is 1.12. The van der Waals surface area contributed by atoms with Gasteiger partial charge in [-0.3, -0.25) is 0 Å². The Morgan fingerprint density at radius 1 is 1.44 bits per heavy atom. The molecule has 90 valence electrons. The summed E-state index contributed by atoms with van der Waals surface area (Å²) in [5, 5.41) is 4.71. The first kappa shape index (κ1) is 11.7. The van der Waals surface area contributed by atoms with Crippen LogP contribution in [0.4, 0.5) is 5.82 Å². The van der Waals surface area contributed by atoms with Crippen molar-refractivity contribution in [2.24, 2.45) is 0 Å². The van der Waals surface area contributed by atoms with E-state index in [1.54, 1.807) is 11.6 Å². The topological polar surface area (TPSA) is 78.0 Å². The van der Waals surface area contributed by atoms with Gasteiger partial charge in [0.1, 0.15) is 20.7 Å². The zero-order valence-corrected chi connectivity index (χ0v) is 10.6. The maximum Gasteiger partial charge on any atom is 0.150 e. The highest BCUT2D eigenvalue weighted by atomic mass is 35.5. The molecule has 0 radical (unpaired) electrons. The van der Waals surface area contributed by atoms with Crippen LogP contribution in [0.5, 0.6) is 0 Å². The van der Waals surface area contributed by atoms with Gasteiger partial charge in [0.05, 0.1) is 23.2 Å². The molecule has 1 fully saturated rings. The number of nitrogen functional groups attached to an aromatic ring is 1. The lowest BCUT2D eigenvalue weighted by molar-refractivity contribution is 0.417. The molecule has 2 N–H and O–H groups in total. The maximum absolute atomic E-state index is 11.3. The predicted molar refractivity (Wildman–Crippen MR) is 63.3 cm³/mol. The number of hydrogen-bond donors (Lipinski definition) is 1. The zero-order chi connectivity index (χ0) is 11.9. The number of aromatic nitrogens is 2. The molecule has 0 saturated carbocycles. The van der Waals surface area contributed by atoms with Crippen LogP contribution in [-0.2, 0) is 9.84 Å². The second-order valence-corrected chi connectivity index (χ2v) is 6.79. The van der Waals surface area contributed by atoms with E-state index in [2.05, 4.69) is 5.10 Å². The van der Waals surface area contributed by atoms with Gasteiger partial charge in [-0.15, -0.1) is 0 Å². The monoisotopic (exact) mass is 263 g/mol. The molecule has 2 rings (SSSR count). The van der Waals surface area contributed by atoms with E-state index in [0.29, 0.717) is 29.4 Å². The molecular weight excluding hydrogens is 250 g/mol. The van der Waals surface area contributed by atoms with Crippen molar-refractivity contribution in [3.05, 3.63) is 10.7 Å². The standard InChI is InChI=1S/C9H14ClN3O2S/c1-6-8(10)9(11)13(12-6)7-2-4-16(14,15)5-3-7/h7H,2-5,11H2,1H3. The van der Waals surface area contributed by atoms with Gasteiger partial charge in [-0.1, -0.05) is 11.6 Å². The van der Waals surface area contributed by atoms with Crippen molar-refractivity contribution in [2.75, 3.05) is 17.2 Å². The van der Waals surface area contributed by atoms with Crippen molar-refractivity contribution >= 4 is 27.3 Å². The third-order valence-corrected chi connectivity index (χ3v) is 5.10. The number of nitrogens with two attached hydrogens (primary N) is 1. The molecule has 1 aliphatic heterocycles. The molecule has 0 spiro atoms. The van der Waals surface area contributed by atoms with E-state index in [1.807, 2.05) is 0 Å². The molecule has 1 aliphatic rings. The van der Waals surface area contributed by atoms with E-state index in [1.165, 1.54) is 0 Å². The summed E-state index contributed by atoms with van der Waals surface area (Å²) in [5.41, 5.74) is 6.51. The lowest BCUT2D eigenvalue weighted by Crippen LogP contribution is -2.26. The van der Waals surface area contributed by atoms with Crippen LogP contribution in [0.1, 0.15) is 24.6 Å². The highest BCUT2D eigenvalue weighted by Crippen LogP contribution is 2.30. The van der Waals surface area contributed by atoms with Gasteiger partial charge in [0.15, 0.2) is 0 Å². The number of rotatable bonds is 1. The van der Waals surface area contributed by atoms with Gasteiger partial charge in [-0.05, 0) is 19.8 Å². The fourth-order valence-electron chi connectivity index (χ4n) is 1.95. The lowest BCUT2D eigenvalue weighted by Gasteiger charge is -2.23. The summed E-state index contributed by atoms with van der Waals surface area (Å²) in [7, 11) is -2.85. The molecule has 0 amide bonds. The summed E-state index contributed by atoms with van der Waals surface area (Å²) in [6.45, 7) is 1.79. The van der Waals surface area contributed by atoms with Crippen LogP contribution in [0.3, 0.4) is 0 Å². The molecular formula is C9H14ClN3O2S. The van der Waals surface area contributed by atoms with E-state index in [9.17, 15) is 8.42 Å². The SMILES string of the molecule is Cc1nn(C2CCS(=O)(=O)CC2)c(N)c1Cl. The summed E-state index contributed by atoms with van der Waals surface area (Å²) in [6, 6.07) is 0.0507. The fourth-order valence-corrected chi connectivity index (χ4v) is 3.54. The Labute approximate surface area is 99.5 Å². The molecule has 1 aromatic heterocycles. The molecule has 2 heterocycles. The van der Waals surface area contributed by atoms with E-state index in [0.717, 1.165) is 0 Å². The summed E-state index contributed by atoms with van der Waals surface area (Å²) in [4.78, 5) is 0. The van der Waals surface area contributed by atoms with Crippen molar-refractivity contribution in [1.29, 1.82) is 0 Å². The number of aryl methyl sites for hydroxylation is 1. The first-order chi connectivity index (χ1) is 7.41. The molecule has 0 unspecified atom stereocenters. The third kappa shape index (κ3) is 2.04. The van der Waals surface area contributed by atoms with Gasteiger partial charge in [-0.25, -0.2) is 13.1 Å². The summed E-state index contributed by atoms with van der Waals surface area (Å²) in [5.74, 6) is 0.838. The van der Waals surface area contributed by atoms with Crippen LogP contribution in [0.2, 0.25) is 5.02 Å². The van der Waals surface area contributed by atoms with E-state index in [4.69, 9.17) is 17.3 Å². The smallest absolute Gasteiger partial charge is 0.150 e. The maximum atomic E-state index is 11.3. The Morgan fingerprint density at radius 3 is 2.44 bits per heavy atom. The van der Waals surface area contributed by atoms with Crippen LogP contribution in [0.25, 0.3) is 0 Å². The molecule has 1 aromatic rings. The number of hydrogen-bond acceptors (Lipinski definition) is 4. The number of nitrogens with zero attached hydrogens (tertiary/aromatic N) is 2. The van der Waals surface area contributed by atoms with Gasteiger partial charge >= 0.3 is 0 Å². The van der Waals surface area contributed by atoms with Crippen LogP contribution >= 0.6 is 11.6 Å². The predicted octanol–water partition coefficient (Wildman–Crippen LogP) is 1.18. The molecule has 0 aliphatic carbocycles. The lowest BCUT2D eigenvalue weighted by atomic mass is 10.2. The molecule has 0 atom stereocenters. The van der Waals surface area contributed by atoms with Crippen molar-refractivity contribution in [1.82, 2.24) is 9.78 Å². The molecule has 7 heteroatoms. The number of sulfone groups is 1. The highest BCUT2D eigenvalue weighted by molar-refractivity contribution is 7.91. The fraction of sp³-hybridized carbons (Fsp3) is 0.667. The molecule has 16 heavy (non-hydrogen) atoms. The third-order valence-electron chi connectivity index (χ3n) is 2.92. The minimum absolute atomic E-state index is 0.0507. The number of halogens is 1. The van der Waals surface area contributed by atoms with Crippen molar-refractivity contribution in [3.8, 4) is 0 Å². The van der Waals surface area contributed by atoms with E-state index >= 15 is 0 Å². The normalized spacial score (nSPS) is 21.1. The summed E-state index contributed by atoms with van der Waals surface area (Å²) < 4.78 is 24.3. The molecule has 1 saturated heterocycles.